The van der Waals surface area contributed by atoms with Gasteiger partial charge in [-0.3, -0.25) is 10.1 Å². The third-order valence-corrected chi connectivity index (χ3v) is 3.95. The lowest BCUT2D eigenvalue weighted by atomic mass is 10.1. The molecule has 1 aromatic heterocycles. The van der Waals surface area contributed by atoms with E-state index in [1.165, 1.54) is 4.90 Å². The number of carbonyl (C=O) groups excluding carboxylic acids is 1. The summed E-state index contributed by atoms with van der Waals surface area (Å²) in [5.74, 6) is 1.48. The molecule has 118 valence electrons. The van der Waals surface area contributed by atoms with Crippen molar-refractivity contribution in [2.45, 2.75) is 44.4 Å². The van der Waals surface area contributed by atoms with E-state index in [-0.39, 0.29) is 11.9 Å². The molecule has 0 radical (unpaired) electrons. The van der Waals surface area contributed by atoms with E-state index >= 15 is 0 Å². The zero-order valence-electron chi connectivity index (χ0n) is 13.0. The number of benzene rings is 1. The van der Waals surface area contributed by atoms with E-state index in [4.69, 9.17) is 4.42 Å². The number of anilines is 1. The number of unbranched alkanes of at least 4 members (excludes halogenated alkanes) is 1. The normalized spacial score (nSPS) is 10.6. The van der Waals surface area contributed by atoms with Gasteiger partial charge in [0.2, 0.25) is 11.8 Å². The lowest BCUT2D eigenvalue weighted by Gasteiger charge is -2.01. The fraction of sp³-hybridized carbons (Fsp3) is 0.438. The van der Waals surface area contributed by atoms with Crippen molar-refractivity contribution in [3.8, 4) is 0 Å². The Hall–Kier alpha value is -1.82. The van der Waals surface area contributed by atoms with Gasteiger partial charge < -0.3 is 4.42 Å². The molecule has 0 aliphatic rings. The van der Waals surface area contributed by atoms with E-state index in [9.17, 15) is 4.79 Å². The van der Waals surface area contributed by atoms with Crippen molar-refractivity contribution in [2.75, 3.05) is 11.1 Å². The number of aromatic nitrogens is 2. The fourth-order valence-electron chi connectivity index (χ4n) is 1.94. The van der Waals surface area contributed by atoms with E-state index in [0.29, 0.717) is 18.7 Å². The summed E-state index contributed by atoms with van der Waals surface area (Å²) in [7, 11) is 0. The number of nitrogens with zero attached hydrogens (tertiary/aromatic N) is 2. The summed E-state index contributed by atoms with van der Waals surface area (Å²) in [5.41, 5.74) is 1.10. The highest BCUT2D eigenvalue weighted by Crippen LogP contribution is 2.19. The Morgan fingerprint density at radius 1 is 1.23 bits per heavy atom. The fourth-order valence-corrected chi connectivity index (χ4v) is 2.60. The predicted molar refractivity (Wildman–Crippen MR) is 88.1 cm³/mol. The maximum absolute atomic E-state index is 11.6. The summed E-state index contributed by atoms with van der Waals surface area (Å²) in [6.45, 7) is 4.18. The predicted octanol–water partition coefficient (Wildman–Crippen LogP) is 3.90. The Bertz CT molecular complexity index is 596. The van der Waals surface area contributed by atoms with Gasteiger partial charge in [0.25, 0.3) is 0 Å². The van der Waals surface area contributed by atoms with Gasteiger partial charge in [0.15, 0.2) is 0 Å². The highest BCUT2D eigenvalue weighted by atomic mass is 32.2. The first-order valence-corrected chi connectivity index (χ1v) is 8.53. The Morgan fingerprint density at radius 3 is 2.68 bits per heavy atom. The first-order valence-electron chi connectivity index (χ1n) is 7.55. The van der Waals surface area contributed by atoms with Crippen LogP contribution >= 0.6 is 11.8 Å². The Kier molecular flexibility index (Phi) is 6.45. The molecular weight excluding hydrogens is 298 g/mol. The van der Waals surface area contributed by atoms with Gasteiger partial charge >= 0.3 is 6.01 Å². The molecule has 0 spiro atoms. The molecule has 6 heteroatoms. The molecule has 22 heavy (non-hydrogen) atoms. The molecule has 0 aliphatic carbocycles. The van der Waals surface area contributed by atoms with E-state index in [1.54, 1.807) is 0 Å². The first kappa shape index (κ1) is 16.5. The third-order valence-electron chi connectivity index (χ3n) is 3.06. The maximum Gasteiger partial charge on any atom is 0.322 e. The molecule has 2 rings (SSSR count). The van der Waals surface area contributed by atoms with Crippen molar-refractivity contribution in [2.24, 2.45) is 0 Å². The van der Waals surface area contributed by atoms with E-state index in [1.807, 2.05) is 18.7 Å². The minimum atomic E-state index is -0.0852. The Morgan fingerprint density at radius 2 is 2.00 bits per heavy atom. The molecule has 0 saturated heterocycles. The monoisotopic (exact) mass is 319 g/mol. The van der Waals surface area contributed by atoms with Crippen LogP contribution < -0.4 is 5.32 Å². The second-order valence-electron chi connectivity index (χ2n) is 4.91. The van der Waals surface area contributed by atoms with E-state index in [0.717, 1.165) is 24.2 Å². The second kappa shape index (κ2) is 8.58. The van der Waals surface area contributed by atoms with Crippen molar-refractivity contribution in [1.82, 2.24) is 10.2 Å². The Labute approximate surface area is 134 Å². The summed E-state index contributed by atoms with van der Waals surface area (Å²) < 4.78 is 5.46. The lowest BCUT2D eigenvalue weighted by molar-refractivity contribution is -0.116. The van der Waals surface area contributed by atoms with E-state index < -0.39 is 0 Å². The van der Waals surface area contributed by atoms with E-state index in [2.05, 4.69) is 46.7 Å². The van der Waals surface area contributed by atoms with Gasteiger partial charge in [0.1, 0.15) is 0 Å². The zero-order valence-corrected chi connectivity index (χ0v) is 13.8. The van der Waals surface area contributed by atoms with Crippen LogP contribution in [0, 0.1) is 0 Å². The van der Waals surface area contributed by atoms with Gasteiger partial charge in [-0.2, -0.15) is 0 Å². The highest BCUT2D eigenvalue weighted by molar-refractivity contribution is 7.99. The molecule has 0 fully saturated rings. The number of amides is 1. The average Bonchev–Trinajstić information content (AvgIpc) is 2.94. The van der Waals surface area contributed by atoms with Gasteiger partial charge in [-0.15, -0.1) is 16.9 Å². The Balaban J connectivity index is 1.89. The number of rotatable bonds is 8. The molecule has 1 N–H and O–H groups in total. The van der Waals surface area contributed by atoms with Crippen LogP contribution in [0.1, 0.15) is 44.6 Å². The minimum Gasteiger partial charge on any atom is -0.407 e. The van der Waals surface area contributed by atoms with Crippen LogP contribution in [0.3, 0.4) is 0 Å². The zero-order chi connectivity index (χ0) is 15.8. The molecular formula is C16H21N3O2S. The standard InChI is InChI=1S/C16H21N3O2S/c1-3-5-6-14(20)17-16-19-18-15(21-16)11-12-7-9-13(10-8-12)22-4-2/h7-10H,3-6,11H2,1-2H3,(H,17,19,20). The van der Waals surface area contributed by atoms with Crippen LogP contribution in [-0.4, -0.2) is 21.9 Å². The van der Waals surface area contributed by atoms with Gasteiger partial charge in [-0.25, -0.2) is 0 Å². The first-order chi connectivity index (χ1) is 10.7. The molecule has 5 nitrogen and oxygen atoms in total. The molecule has 0 aliphatic heterocycles. The lowest BCUT2D eigenvalue weighted by Crippen LogP contribution is -2.11. The quantitative estimate of drug-likeness (QED) is 0.747. The summed E-state index contributed by atoms with van der Waals surface area (Å²) in [4.78, 5) is 12.8. The smallest absolute Gasteiger partial charge is 0.322 e. The van der Waals surface area contributed by atoms with Gasteiger partial charge in [-0.1, -0.05) is 37.5 Å². The van der Waals surface area contributed by atoms with Crippen molar-refractivity contribution < 1.29 is 9.21 Å². The summed E-state index contributed by atoms with van der Waals surface area (Å²) in [6.07, 6.45) is 2.88. The molecule has 0 saturated carbocycles. The van der Waals surface area contributed by atoms with Crippen LogP contribution in [-0.2, 0) is 11.2 Å². The van der Waals surface area contributed by atoms with Crippen molar-refractivity contribution in [3.63, 3.8) is 0 Å². The van der Waals surface area contributed by atoms with Gasteiger partial charge in [0.05, 0.1) is 6.42 Å². The third kappa shape index (κ3) is 5.18. The van der Waals surface area contributed by atoms with Crippen molar-refractivity contribution >= 4 is 23.7 Å². The van der Waals surface area contributed by atoms with Crippen LogP contribution in [0.4, 0.5) is 6.01 Å². The number of hydrogen-bond donors (Lipinski definition) is 1. The van der Waals surface area contributed by atoms with Crippen molar-refractivity contribution in [1.29, 1.82) is 0 Å². The number of carbonyl (C=O) groups is 1. The topological polar surface area (TPSA) is 68.0 Å². The number of nitrogens with one attached hydrogen (secondary N) is 1. The molecule has 1 aromatic carbocycles. The van der Waals surface area contributed by atoms with Crippen LogP contribution in [0.15, 0.2) is 33.6 Å². The minimum absolute atomic E-state index is 0.0852. The van der Waals surface area contributed by atoms with Gasteiger partial charge in [0, 0.05) is 11.3 Å². The maximum atomic E-state index is 11.6. The van der Waals surface area contributed by atoms with Crippen LogP contribution in [0.2, 0.25) is 0 Å². The molecule has 1 amide bonds. The highest BCUT2D eigenvalue weighted by Gasteiger charge is 2.10. The largest absolute Gasteiger partial charge is 0.407 e. The SMILES string of the molecule is CCCCC(=O)Nc1nnc(Cc2ccc(SCC)cc2)o1. The van der Waals surface area contributed by atoms with Crippen LogP contribution in [0.25, 0.3) is 0 Å². The number of thioether (sulfide) groups is 1. The number of hydrogen-bond acceptors (Lipinski definition) is 5. The summed E-state index contributed by atoms with van der Waals surface area (Å²) >= 11 is 1.81. The van der Waals surface area contributed by atoms with Gasteiger partial charge in [-0.05, 0) is 29.9 Å². The molecule has 0 atom stereocenters. The molecule has 0 unspecified atom stereocenters. The average molecular weight is 319 g/mol. The van der Waals surface area contributed by atoms with Crippen molar-refractivity contribution in [3.05, 3.63) is 35.7 Å². The molecule has 2 aromatic rings. The van der Waals surface area contributed by atoms with Crippen LogP contribution in [0.5, 0.6) is 0 Å². The summed E-state index contributed by atoms with van der Waals surface area (Å²) in [5, 5.41) is 10.4. The second-order valence-corrected chi connectivity index (χ2v) is 6.24. The molecule has 0 bridgehead atoms. The summed E-state index contributed by atoms with van der Waals surface area (Å²) in [6, 6.07) is 8.47. The molecule has 1 heterocycles.